The molecule has 0 unspecified atom stereocenters. The summed E-state index contributed by atoms with van der Waals surface area (Å²) in [7, 11) is -3.62. The molecule has 1 fully saturated rings. The third-order valence-electron chi connectivity index (χ3n) is 6.54. The monoisotopic (exact) mass is 558 g/mol. The van der Waals surface area contributed by atoms with Crippen molar-refractivity contribution in [1.82, 2.24) is 15.3 Å². The van der Waals surface area contributed by atoms with Crippen LogP contribution in [0.3, 0.4) is 0 Å². The SMILES string of the molecule is CC(C)OC(=O)NC1CCC(c2ncc(-c3ccc(Nc4ccc[nH]c4=O)cc3S(=O)(=O)C(C)C)s2)CC1. The van der Waals surface area contributed by atoms with Gasteiger partial charge in [0.15, 0.2) is 9.84 Å². The van der Waals surface area contributed by atoms with Gasteiger partial charge in [-0.25, -0.2) is 18.2 Å². The number of carbonyl (C=O) groups is 1. The van der Waals surface area contributed by atoms with Gasteiger partial charge in [-0.1, -0.05) is 6.07 Å². The van der Waals surface area contributed by atoms with E-state index in [0.29, 0.717) is 16.9 Å². The highest BCUT2D eigenvalue weighted by Gasteiger charge is 2.28. The van der Waals surface area contributed by atoms with Crippen molar-refractivity contribution in [3.63, 3.8) is 0 Å². The van der Waals surface area contributed by atoms with E-state index in [1.165, 1.54) is 17.5 Å². The van der Waals surface area contributed by atoms with Crippen LogP contribution < -0.4 is 16.2 Å². The Morgan fingerprint density at radius 2 is 1.87 bits per heavy atom. The van der Waals surface area contributed by atoms with E-state index in [9.17, 15) is 18.0 Å². The second-order valence-electron chi connectivity index (χ2n) is 10.1. The number of alkyl carbamates (subject to hydrolysis) is 1. The standard InChI is InChI=1S/C27H34N4O5S2/c1-16(2)36-27(33)31-19-9-7-18(8-10-19)26-29-15-23(37-26)21-12-11-20(14-24(21)38(34,35)17(3)4)30-22-6-5-13-28-25(22)32/h5-6,11-19,30H,7-10H2,1-4H3,(H,28,32)(H,31,33). The molecule has 0 spiro atoms. The van der Waals surface area contributed by atoms with Gasteiger partial charge in [-0.15, -0.1) is 11.3 Å². The van der Waals surface area contributed by atoms with Crippen molar-refractivity contribution in [2.45, 2.75) is 81.6 Å². The Labute approximate surface area is 227 Å². The van der Waals surface area contributed by atoms with Gasteiger partial charge in [0, 0.05) is 35.6 Å². The summed E-state index contributed by atoms with van der Waals surface area (Å²) >= 11 is 1.51. The fraction of sp³-hybridized carbons (Fsp3) is 0.444. The second kappa shape index (κ2) is 11.7. The zero-order chi connectivity index (χ0) is 27.4. The second-order valence-corrected chi connectivity index (χ2v) is 13.6. The summed E-state index contributed by atoms with van der Waals surface area (Å²) in [5.74, 6) is 0.254. The number of hydrogen-bond donors (Lipinski definition) is 3. The summed E-state index contributed by atoms with van der Waals surface area (Å²) in [6, 6.07) is 8.54. The highest BCUT2D eigenvalue weighted by molar-refractivity contribution is 7.92. The predicted octanol–water partition coefficient (Wildman–Crippen LogP) is 5.58. The predicted molar refractivity (Wildman–Crippen MR) is 150 cm³/mol. The summed E-state index contributed by atoms with van der Waals surface area (Å²) in [5, 5.41) is 6.32. The van der Waals surface area contributed by atoms with Crippen molar-refractivity contribution in [3.05, 3.63) is 58.1 Å². The molecule has 38 heavy (non-hydrogen) atoms. The lowest BCUT2D eigenvalue weighted by molar-refractivity contribution is 0.109. The molecular formula is C27H34N4O5S2. The highest BCUT2D eigenvalue weighted by Crippen LogP contribution is 2.40. The van der Waals surface area contributed by atoms with Crippen molar-refractivity contribution in [1.29, 1.82) is 0 Å². The number of carbonyl (C=O) groups excluding carboxylic acids is 1. The van der Waals surface area contributed by atoms with Crippen LogP contribution in [0.2, 0.25) is 0 Å². The number of nitrogens with one attached hydrogen (secondary N) is 3. The number of thiazole rings is 1. The number of aromatic amines is 1. The fourth-order valence-electron chi connectivity index (χ4n) is 4.47. The molecule has 0 radical (unpaired) electrons. The van der Waals surface area contributed by atoms with Crippen LogP contribution >= 0.6 is 11.3 Å². The van der Waals surface area contributed by atoms with E-state index >= 15 is 0 Å². The van der Waals surface area contributed by atoms with Gasteiger partial charge in [0.05, 0.1) is 26.1 Å². The van der Waals surface area contributed by atoms with Crippen molar-refractivity contribution in [2.75, 3.05) is 5.32 Å². The van der Waals surface area contributed by atoms with Crippen LogP contribution in [0.5, 0.6) is 0 Å². The number of hydrogen-bond acceptors (Lipinski definition) is 8. The zero-order valence-corrected chi connectivity index (χ0v) is 23.6. The van der Waals surface area contributed by atoms with Crippen molar-refractivity contribution >= 4 is 38.6 Å². The van der Waals surface area contributed by atoms with Crippen LogP contribution in [-0.2, 0) is 14.6 Å². The Kier molecular flexibility index (Phi) is 8.57. The van der Waals surface area contributed by atoms with Gasteiger partial charge in [-0.3, -0.25) is 4.79 Å². The van der Waals surface area contributed by atoms with E-state index in [2.05, 4.69) is 20.6 Å². The van der Waals surface area contributed by atoms with Crippen LogP contribution in [0.1, 0.15) is 64.3 Å². The van der Waals surface area contributed by atoms with Gasteiger partial charge in [0.2, 0.25) is 0 Å². The summed E-state index contributed by atoms with van der Waals surface area (Å²) in [5.41, 5.74) is 1.15. The van der Waals surface area contributed by atoms with Crippen molar-refractivity contribution in [2.24, 2.45) is 0 Å². The Hall–Kier alpha value is -3.18. The molecule has 1 aliphatic rings. The summed E-state index contributed by atoms with van der Waals surface area (Å²) in [6.07, 6.45) is 6.17. The van der Waals surface area contributed by atoms with E-state index in [4.69, 9.17) is 4.74 Å². The van der Waals surface area contributed by atoms with Crippen LogP contribution in [0, 0.1) is 0 Å². The van der Waals surface area contributed by atoms with E-state index in [1.54, 1.807) is 50.4 Å². The lowest BCUT2D eigenvalue weighted by atomic mass is 9.86. The lowest BCUT2D eigenvalue weighted by Gasteiger charge is -2.28. The largest absolute Gasteiger partial charge is 0.447 e. The van der Waals surface area contributed by atoms with Crippen LogP contribution in [0.4, 0.5) is 16.2 Å². The molecule has 3 N–H and O–H groups in total. The number of nitrogens with zero attached hydrogens (tertiary/aromatic N) is 1. The maximum Gasteiger partial charge on any atom is 0.407 e. The van der Waals surface area contributed by atoms with Gasteiger partial charge in [0.1, 0.15) is 5.69 Å². The van der Waals surface area contributed by atoms with Crippen molar-refractivity contribution in [3.8, 4) is 10.4 Å². The number of rotatable bonds is 8. The quantitative estimate of drug-likeness (QED) is 0.329. The number of aromatic nitrogens is 2. The number of H-pyrrole nitrogens is 1. The molecule has 1 aliphatic carbocycles. The average Bonchev–Trinajstić information content (AvgIpc) is 3.35. The van der Waals surface area contributed by atoms with E-state index in [0.717, 1.165) is 35.6 Å². The third-order valence-corrected chi connectivity index (χ3v) is 9.92. The van der Waals surface area contributed by atoms with Gasteiger partial charge >= 0.3 is 6.09 Å². The van der Waals surface area contributed by atoms with Crippen molar-refractivity contribution < 1.29 is 17.9 Å². The third kappa shape index (κ3) is 6.44. The minimum atomic E-state index is -3.62. The van der Waals surface area contributed by atoms with E-state index < -0.39 is 15.1 Å². The van der Waals surface area contributed by atoms with Crippen LogP contribution in [0.15, 0.2) is 52.4 Å². The molecule has 11 heteroatoms. The molecule has 1 aromatic carbocycles. The zero-order valence-electron chi connectivity index (χ0n) is 22.0. The minimum absolute atomic E-state index is 0.0802. The topological polar surface area (TPSA) is 130 Å². The van der Waals surface area contributed by atoms with E-state index in [1.807, 2.05) is 13.8 Å². The molecule has 204 valence electrons. The summed E-state index contributed by atoms with van der Waals surface area (Å²) < 4.78 is 31.9. The Morgan fingerprint density at radius 3 is 2.53 bits per heavy atom. The maximum absolute atomic E-state index is 13.3. The number of pyridine rings is 1. The lowest BCUT2D eigenvalue weighted by Crippen LogP contribution is -2.38. The van der Waals surface area contributed by atoms with Gasteiger partial charge in [-0.2, -0.15) is 0 Å². The molecule has 0 bridgehead atoms. The summed E-state index contributed by atoms with van der Waals surface area (Å²) in [6.45, 7) is 6.96. The van der Waals surface area contributed by atoms with E-state index in [-0.39, 0.29) is 34.6 Å². The maximum atomic E-state index is 13.3. The molecular weight excluding hydrogens is 524 g/mol. The number of anilines is 2. The Balaban J connectivity index is 1.55. The normalized spacial score (nSPS) is 17.9. The molecule has 9 nitrogen and oxygen atoms in total. The number of sulfone groups is 1. The number of benzene rings is 1. The summed E-state index contributed by atoms with van der Waals surface area (Å²) in [4.78, 5) is 32.3. The highest BCUT2D eigenvalue weighted by atomic mass is 32.2. The molecule has 0 atom stereocenters. The minimum Gasteiger partial charge on any atom is -0.447 e. The first-order chi connectivity index (χ1) is 18.0. The first kappa shape index (κ1) is 27.8. The Morgan fingerprint density at radius 1 is 1.13 bits per heavy atom. The average molecular weight is 559 g/mol. The first-order valence-electron chi connectivity index (χ1n) is 12.8. The van der Waals surface area contributed by atoms with Gasteiger partial charge < -0.3 is 20.4 Å². The smallest absolute Gasteiger partial charge is 0.407 e. The first-order valence-corrected chi connectivity index (χ1v) is 15.2. The molecule has 1 saturated carbocycles. The number of amides is 1. The molecule has 1 amide bonds. The number of ether oxygens (including phenoxy) is 1. The Bertz CT molecular complexity index is 1440. The molecule has 2 heterocycles. The molecule has 3 aromatic rings. The van der Waals surface area contributed by atoms with Gasteiger partial charge in [0.25, 0.3) is 5.56 Å². The molecule has 4 rings (SSSR count). The molecule has 2 aromatic heterocycles. The fourth-order valence-corrected chi connectivity index (χ4v) is 6.94. The molecule has 0 aliphatic heterocycles. The van der Waals surface area contributed by atoms with Gasteiger partial charge in [-0.05, 0) is 77.6 Å². The van der Waals surface area contributed by atoms with Crippen LogP contribution in [-0.4, -0.2) is 41.9 Å². The van der Waals surface area contributed by atoms with Crippen LogP contribution in [0.25, 0.3) is 10.4 Å². The molecule has 0 saturated heterocycles.